The van der Waals surface area contributed by atoms with Crippen molar-refractivity contribution >= 4 is 5.97 Å². The minimum Gasteiger partial charge on any atom is -0.463 e. The van der Waals surface area contributed by atoms with Crippen LogP contribution in [0.25, 0.3) is 0 Å². The maximum Gasteiger partial charge on any atom is 0.332 e. The summed E-state index contributed by atoms with van der Waals surface area (Å²) in [6, 6.07) is 0.779. The Morgan fingerprint density at radius 2 is 1.79 bits per heavy atom. The molecule has 0 atom stereocenters. The first-order chi connectivity index (χ1) is 6.49. The van der Waals surface area contributed by atoms with Crippen LogP contribution in [0.1, 0.15) is 34.6 Å². The summed E-state index contributed by atoms with van der Waals surface area (Å²) in [5.41, 5.74) is 0. The van der Waals surface area contributed by atoms with Gasteiger partial charge in [-0.3, -0.25) is 0 Å². The third-order valence-corrected chi connectivity index (χ3v) is 1.86. The van der Waals surface area contributed by atoms with Crippen LogP contribution in [0.2, 0.25) is 0 Å². The van der Waals surface area contributed by atoms with Gasteiger partial charge in [-0.25, -0.2) is 4.79 Å². The summed E-state index contributed by atoms with van der Waals surface area (Å²) >= 11 is 0. The van der Waals surface area contributed by atoms with Crippen molar-refractivity contribution in [2.45, 2.75) is 46.7 Å². The van der Waals surface area contributed by atoms with E-state index in [1.165, 1.54) is 6.08 Å². The SMILES string of the molecule is CCOC(=O)/C=C/N(C(C)C)C(C)C. The van der Waals surface area contributed by atoms with Crippen molar-refractivity contribution in [2.75, 3.05) is 6.61 Å². The molecule has 0 aliphatic carbocycles. The van der Waals surface area contributed by atoms with Crippen molar-refractivity contribution in [2.24, 2.45) is 0 Å². The summed E-state index contributed by atoms with van der Waals surface area (Å²) < 4.78 is 4.80. The third kappa shape index (κ3) is 4.90. The van der Waals surface area contributed by atoms with Crippen LogP contribution < -0.4 is 0 Å². The molecule has 0 fully saturated rings. The van der Waals surface area contributed by atoms with Gasteiger partial charge in [0.15, 0.2) is 0 Å². The molecule has 0 saturated carbocycles. The van der Waals surface area contributed by atoms with Crippen molar-refractivity contribution in [1.82, 2.24) is 4.90 Å². The van der Waals surface area contributed by atoms with Crippen LogP contribution in [0.15, 0.2) is 12.3 Å². The van der Waals surface area contributed by atoms with Crippen LogP contribution in [-0.4, -0.2) is 29.6 Å². The molecule has 0 aromatic carbocycles. The largest absolute Gasteiger partial charge is 0.463 e. The number of rotatable bonds is 5. The molecule has 0 bridgehead atoms. The lowest BCUT2D eigenvalue weighted by Gasteiger charge is -2.28. The van der Waals surface area contributed by atoms with Gasteiger partial charge in [0.05, 0.1) is 6.61 Å². The summed E-state index contributed by atoms with van der Waals surface area (Å²) in [4.78, 5) is 13.2. The number of hydrogen-bond acceptors (Lipinski definition) is 3. The molecule has 0 aliphatic rings. The highest BCUT2D eigenvalue weighted by Gasteiger charge is 2.08. The Kier molecular flexibility index (Phi) is 6.00. The fourth-order valence-electron chi connectivity index (χ4n) is 1.28. The van der Waals surface area contributed by atoms with E-state index in [9.17, 15) is 4.79 Å². The highest BCUT2D eigenvalue weighted by molar-refractivity contribution is 5.81. The van der Waals surface area contributed by atoms with Gasteiger partial charge < -0.3 is 9.64 Å². The van der Waals surface area contributed by atoms with Crippen molar-refractivity contribution in [1.29, 1.82) is 0 Å². The average molecular weight is 199 g/mol. The number of hydrogen-bond donors (Lipinski definition) is 0. The second-order valence-electron chi connectivity index (χ2n) is 3.70. The van der Waals surface area contributed by atoms with Crippen molar-refractivity contribution in [3.05, 3.63) is 12.3 Å². The molecule has 0 heterocycles. The first-order valence-electron chi connectivity index (χ1n) is 5.11. The summed E-state index contributed by atoms with van der Waals surface area (Å²) in [5, 5.41) is 0. The topological polar surface area (TPSA) is 29.5 Å². The van der Waals surface area contributed by atoms with Gasteiger partial charge in [-0.05, 0) is 34.6 Å². The van der Waals surface area contributed by atoms with E-state index in [-0.39, 0.29) is 5.97 Å². The van der Waals surface area contributed by atoms with Crippen molar-refractivity contribution in [3.63, 3.8) is 0 Å². The van der Waals surface area contributed by atoms with Gasteiger partial charge in [-0.15, -0.1) is 0 Å². The zero-order chi connectivity index (χ0) is 11.1. The minimum atomic E-state index is -0.279. The van der Waals surface area contributed by atoms with Gasteiger partial charge >= 0.3 is 5.97 Å². The van der Waals surface area contributed by atoms with Crippen LogP contribution in [0.4, 0.5) is 0 Å². The van der Waals surface area contributed by atoms with Gasteiger partial charge in [-0.2, -0.15) is 0 Å². The Morgan fingerprint density at radius 1 is 1.29 bits per heavy atom. The van der Waals surface area contributed by atoms with E-state index >= 15 is 0 Å². The summed E-state index contributed by atoms with van der Waals surface area (Å²) in [6.45, 7) is 10.6. The van der Waals surface area contributed by atoms with E-state index in [0.717, 1.165) is 0 Å². The second kappa shape index (κ2) is 6.46. The third-order valence-electron chi connectivity index (χ3n) is 1.86. The lowest BCUT2D eigenvalue weighted by Crippen LogP contribution is -2.32. The highest BCUT2D eigenvalue weighted by Crippen LogP contribution is 2.05. The lowest BCUT2D eigenvalue weighted by molar-refractivity contribution is -0.137. The molecule has 0 aromatic rings. The number of esters is 1. The van der Waals surface area contributed by atoms with Crippen molar-refractivity contribution < 1.29 is 9.53 Å². The quantitative estimate of drug-likeness (QED) is 0.502. The normalized spacial score (nSPS) is 11.4. The monoisotopic (exact) mass is 199 g/mol. The Hall–Kier alpha value is -0.990. The van der Waals surface area contributed by atoms with Crippen LogP contribution in [-0.2, 0) is 9.53 Å². The van der Waals surface area contributed by atoms with Crippen LogP contribution >= 0.6 is 0 Å². The van der Waals surface area contributed by atoms with Gasteiger partial charge in [0.2, 0.25) is 0 Å². The molecule has 0 aromatic heterocycles. The molecule has 0 spiro atoms. The molecule has 14 heavy (non-hydrogen) atoms. The van der Waals surface area contributed by atoms with Crippen molar-refractivity contribution in [3.8, 4) is 0 Å². The summed E-state index contributed by atoms with van der Waals surface area (Å²) in [5.74, 6) is -0.279. The molecular formula is C11H21NO2. The van der Waals surface area contributed by atoms with Crippen LogP contribution in [0, 0.1) is 0 Å². The summed E-state index contributed by atoms with van der Waals surface area (Å²) in [7, 11) is 0. The molecule has 0 rings (SSSR count). The molecule has 0 N–H and O–H groups in total. The molecule has 0 saturated heterocycles. The smallest absolute Gasteiger partial charge is 0.332 e. The van der Waals surface area contributed by atoms with E-state index in [4.69, 9.17) is 4.74 Å². The maximum absolute atomic E-state index is 11.1. The van der Waals surface area contributed by atoms with E-state index < -0.39 is 0 Å². The Labute approximate surface area is 86.7 Å². The van der Waals surface area contributed by atoms with E-state index in [1.807, 2.05) is 0 Å². The molecule has 0 unspecified atom stereocenters. The lowest BCUT2D eigenvalue weighted by atomic mass is 10.2. The zero-order valence-corrected chi connectivity index (χ0v) is 9.78. The van der Waals surface area contributed by atoms with Gasteiger partial charge in [0.1, 0.15) is 0 Å². The zero-order valence-electron chi connectivity index (χ0n) is 9.78. The molecule has 0 aliphatic heterocycles. The predicted octanol–water partition coefficient (Wildman–Crippen LogP) is 2.18. The van der Waals surface area contributed by atoms with E-state index in [1.54, 1.807) is 13.1 Å². The first-order valence-corrected chi connectivity index (χ1v) is 5.11. The number of carbonyl (C=O) groups excluding carboxylic acids is 1. The van der Waals surface area contributed by atoms with Crippen LogP contribution in [0.5, 0.6) is 0 Å². The Morgan fingerprint density at radius 3 is 2.14 bits per heavy atom. The number of nitrogens with zero attached hydrogens (tertiary/aromatic N) is 1. The number of carbonyl (C=O) groups is 1. The molecule has 3 heteroatoms. The molecule has 0 radical (unpaired) electrons. The second-order valence-corrected chi connectivity index (χ2v) is 3.70. The Balaban J connectivity index is 4.22. The fourth-order valence-corrected chi connectivity index (χ4v) is 1.28. The maximum atomic E-state index is 11.1. The standard InChI is InChI=1S/C11H21NO2/c1-6-14-11(13)7-8-12(9(2)3)10(4)5/h7-10H,6H2,1-5H3/b8-7+. The Bertz CT molecular complexity index is 189. The highest BCUT2D eigenvalue weighted by atomic mass is 16.5. The molecule has 0 amide bonds. The molecule has 3 nitrogen and oxygen atoms in total. The molecular weight excluding hydrogens is 178 g/mol. The first kappa shape index (κ1) is 13.0. The minimum absolute atomic E-state index is 0.279. The van der Waals surface area contributed by atoms with Gasteiger partial charge in [0.25, 0.3) is 0 Å². The number of ether oxygens (including phenoxy) is 1. The summed E-state index contributed by atoms with van der Waals surface area (Å²) in [6.07, 6.45) is 3.27. The average Bonchev–Trinajstić information content (AvgIpc) is 2.03. The van der Waals surface area contributed by atoms with Gasteiger partial charge in [-0.1, -0.05) is 0 Å². The van der Waals surface area contributed by atoms with Crippen LogP contribution in [0.3, 0.4) is 0 Å². The predicted molar refractivity (Wildman–Crippen MR) is 57.9 cm³/mol. The fraction of sp³-hybridized carbons (Fsp3) is 0.727. The van der Waals surface area contributed by atoms with E-state index in [0.29, 0.717) is 18.7 Å². The van der Waals surface area contributed by atoms with Gasteiger partial charge in [0, 0.05) is 24.4 Å². The van der Waals surface area contributed by atoms with E-state index in [2.05, 4.69) is 32.6 Å². The molecule has 82 valence electrons.